The van der Waals surface area contributed by atoms with Crippen LogP contribution >= 0.6 is 12.4 Å². The molecule has 1 amide bonds. The van der Waals surface area contributed by atoms with Crippen LogP contribution in [0.5, 0.6) is 0 Å². The van der Waals surface area contributed by atoms with Gasteiger partial charge < -0.3 is 15.1 Å². The van der Waals surface area contributed by atoms with Crippen LogP contribution in [-0.2, 0) is 6.54 Å². The molecule has 1 fully saturated rings. The van der Waals surface area contributed by atoms with Gasteiger partial charge in [0.05, 0.1) is 11.3 Å². The van der Waals surface area contributed by atoms with E-state index in [9.17, 15) is 4.79 Å². The molecule has 5 rings (SSSR count). The zero-order chi connectivity index (χ0) is 21.0. The number of fused-ring (bicyclic) bond motifs is 1. The smallest absolute Gasteiger partial charge is 0.257 e. The number of pyridine rings is 1. The number of carbonyl (C=O) groups is 1. The molecule has 1 aliphatic rings. The number of hydrogen-bond acceptors (Lipinski definition) is 5. The summed E-state index contributed by atoms with van der Waals surface area (Å²) in [6.45, 7) is 5.16. The molecular weight excluding hydrogens is 424 g/mol. The maximum atomic E-state index is 12.6. The van der Waals surface area contributed by atoms with E-state index in [1.165, 1.54) is 5.56 Å². The van der Waals surface area contributed by atoms with Gasteiger partial charge in [0.15, 0.2) is 0 Å². The number of carbonyl (C=O) groups excluding carboxylic acids is 1. The first-order chi connectivity index (χ1) is 15.3. The Labute approximate surface area is 193 Å². The van der Waals surface area contributed by atoms with Crippen molar-refractivity contribution >= 4 is 35.0 Å². The van der Waals surface area contributed by atoms with Crippen molar-refractivity contribution in [1.29, 1.82) is 0 Å². The summed E-state index contributed by atoms with van der Waals surface area (Å²) in [4.78, 5) is 19.1. The average molecular weight is 449 g/mol. The highest BCUT2D eigenvalue weighted by atomic mass is 35.5. The van der Waals surface area contributed by atoms with Crippen molar-refractivity contribution in [1.82, 2.24) is 15.2 Å². The molecule has 2 N–H and O–H groups in total. The zero-order valence-electron chi connectivity index (χ0n) is 17.6. The molecule has 0 aliphatic carbocycles. The zero-order valence-corrected chi connectivity index (χ0v) is 18.4. The molecule has 0 atom stereocenters. The van der Waals surface area contributed by atoms with Crippen LogP contribution in [0.2, 0.25) is 0 Å². The van der Waals surface area contributed by atoms with Crippen LogP contribution in [-0.4, -0.2) is 42.0 Å². The fourth-order valence-corrected chi connectivity index (χ4v) is 3.95. The van der Waals surface area contributed by atoms with Gasteiger partial charge in [-0.3, -0.25) is 14.7 Å². The minimum Gasteiger partial charge on any atom is -0.456 e. The van der Waals surface area contributed by atoms with Crippen LogP contribution < -0.4 is 10.6 Å². The number of para-hydroxylation sites is 1. The standard InChI is InChI=1S/C25H24N4O2.ClH/c30-25(19-4-3-9-27-16-19)28-22-6-2-1-5-21(22)24-15-20-14-18(7-8-23(20)31-24)17-29-12-10-26-11-13-29;/h1-9,14-16,26H,10-13,17H2,(H,28,30);1H. The molecule has 0 saturated carbocycles. The first-order valence-electron chi connectivity index (χ1n) is 10.5. The first kappa shape index (κ1) is 22.0. The number of nitrogens with one attached hydrogen (secondary N) is 2. The van der Waals surface area contributed by atoms with E-state index in [1.54, 1.807) is 24.5 Å². The fourth-order valence-electron chi connectivity index (χ4n) is 3.95. The number of nitrogens with zero attached hydrogens (tertiary/aromatic N) is 2. The number of amides is 1. The molecule has 0 unspecified atom stereocenters. The predicted molar refractivity (Wildman–Crippen MR) is 129 cm³/mol. The predicted octanol–water partition coefficient (Wildman–Crippen LogP) is 4.57. The summed E-state index contributed by atoms with van der Waals surface area (Å²) in [6, 6.07) is 19.6. The van der Waals surface area contributed by atoms with Crippen LogP contribution in [0.3, 0.4) is 0 Å². The fraction of sp³-hybridized carbons (Fsp3) is 0.200. The maximum Gasteiger partial charge on any atom is 0.257 e. The van der Waals surface area contributed by atoms with Gasteiger partial charge in [-0.2, -0.15) is 0 Å². The molecule has 1 aliphatic heterocycles. The topological polar surface area (TPSA) is 70.4 Å². The van der Waals surface area contributed by atoms with E-state index in [0.29, 0.717) is 11.3 Å². The number of furan rings is 1. The van der Waals surface area contributed by atoms with Crippen LogP contribution in [0.1, 0.15) is 15.9 Å². The summed E-state index contributed by atoms with van der Waals surface area (Å²) in [7, 11) is 0. The molecule has 1 saturated heterocycles. The van der Waals surface area contributed by atoms with Gasteiger partial charge in [-0.05, 0) is 48.0 Å². The lowest BCUT2D eigenvalue weighted by atomic mass is 10.1. The van der Waals surface area contributed by atoms with Crippen molar-refractivity contribution in [3.8, 4) is 11.3 Å². The Kier molecular flexibility index (Phi) is 6.85. The number of anilines is 1. The minimum absolute atomic E-state index is 0. The molecule has 2 aromatic heterocycles. The Balaban J connectivity index is 0.00000245. The number of hydrogen-bond donors (Lipinski definition) is 2. The second-order valence-corrected chi connectivity index (χ2v) is 7.75. The van der Waals surface area contributed by atoms with E-state index in [-0.39, 0.29) is 18.3 Å². The van der Waals surface area contributed by atoms with Crippen molar-refractivity contribution in [2.75, 3.05) is 31.5 Å². The highest BCUT2D eigenvalue weighted by Gasteiger charge is 2.15. The van der Waals surface area contributed by atoms with Gasteiger partial charge in [-0.1, -0.05) is 18.2 Å². The first-order valence-corrected chi connectivity index (χ1v) is 10.5. The number of benzene rings is 2. The van der Waals surface area contributed by atoms with Crippen LogP contribution in [0, 0.1) is 0 Å². The van der Waals surface area contributed by atoms with Crippen LogP contribution in [0.25, 0.3) is 22.3 Å². The van der Waals surface area contributed by atoms with Gasteiger partial charge in [0.1, 0.15) is 11.3 Å². The van der Waals surface area contributed by atoms with E-state index < -0.39 is 0 Å². The lowest BCUT2D eigenvalue weighted by molar-refractivity contribution is 0.102. The Hall–Kier alpha value is -3.19. The second kappa shape index (κ2) is 9.96. The minimum atomic E-state index is -0.199. The molecule has 164 valence electrons. The third kappa shape index (κ3) is 4.83. The van der Waals surface area contributed by atoms with Gasteiger partial charge in [0, 0.05) is 56.1 Å². The van der Waals surface area contributed by atoms with Crippen molar-refractivity contribution in [2.45, 2.75) is 6.54 Å². The molecule has 2 aromatic carbocycles. The van der Waals surface area contributed by atoms with Gasteiger partial charge in [-0.25, -0.2) is 0 Å². The Morgan fingerprint density at radius 3 is 2.72 bits per heavy atom. The highest BCUT2D eigenvalue weighted by molar-refractivity contribution is 6.06. The van der Waals surface area contributed by atoms with Gasteiger partial charge >= 0.3 is 0 Å². The van der Waals surface area contributed by atoms with Gasteiger partial charge in [-0.15, -0.1) is 12.4 Å². The quantitative estimate of drug-likeness (QED) is 0.468. The number of halogens is 1. The third-order valence-corrected chi connectivity index (χ3v) is 5.56. The van der Waals surface area contributed by atoms with E-state index in [0.717, 1.165) is 55.0 Å². The largest absolute Gasteiger partial charge is 0.456 e. The second-order valence-electron chi connectivity index (χ2n) is 7.75. The number of rotatable bonds is 5. The average Bonchev–Trinajstić information content (AvgIpc) is 3.24. The van der Waals surface area contributed by atoms with Crippen LogP contribution in [0.15, 0.2) is 77.5 Å². The summed E-state index contributed by atoms with van der Waals surface area (Å²) in [5, 5.41) is 7.44. The Morgan fingerprint density at radius 2 is 1.91 bits per heavy atom. The van der Waals surface area contributed by atoms with Crippen LogP contribution in [0.4, 0.5) is 5.69 Å². The summed E-state index contributed by atoms with van der Waals surface area (Å²) in [6.07, 6.45) is 3.20. The number of piperazine rings is 1. The number of aromatic nitrogens is 1. The molecule has 6 nitrogen and oxygen atoms in total. The van der Waals surface area contributed by atoms with E-state index in [2.05, 4.69) is 32.7 Å². The molecular formula is C25H25ClN4O2. The molecule has 0 spiro atoms. The highest BCUT2D eigenvalue weighted by Crippen LogP contribution is 2.33. The van der Waals surface area contributed by atoms with Crippen molar-refractivity contribution in [2.24, 2.45) is 0 Å². The molecule has 7 heteroatoms. The van der Waals surface area contributed by atoms with E-state index in [1.807, 2.05) is 36.4 Å². The summed E-state index contributed by atoms with van der Waals surface area (Å²) in [5.74, 6) is 0.534. The molecule has 3 heterocycles. The van der Waals surface area contributed by atoms with E-state index >= 15 is 0 Å². The monoisotopic (exact) mass is 448 g/mol. The van der Waals surface area contributed by atoms with E-state index in [4.69, 9.17) is 4.42 Å². The van der Waals surface area contributed by atoms with Gasteiger partial charge in [0.2, 0.25) is 0 Å². The molecule has 0 radical (unpaired) electrons. The molecule has 32 heavy (non-hydrogen) atoms. The molecule has 0 bridgehead atoms. The summed E-state index contributed by atoms with van der Waals surface area (Å²) >= 11 is 0. The lowest BCUT2D eigenvalue weighted by Crippen LogP contribution is -2.42. The normalized spacial score (nSPS) is 14.1. The summed E-state index contributed by atoms with van der Waals surface area (Å²) in [5.41, 5.74) is 4.18. The van der Waals surface area contributed by atoms with Crippen molar-refractivity contribution < 1.29 is 9.21 Å². The Bertz CT molecular complexity index is 1200. The van der Waals surface area contributed by atoms with Crippen molar-refractivity contribution in [3.05, 3.63) is 84.2 Å². The Morgan fingerprint density at radius 1 is 1.06 bits per heavy atom. The maximum absolute atomic E-state index is 12.6. The SMILES string of the molecule is Cl.O=C(Nc1ccccc1-c1cc2cc(CN3CCNCC3)ccc2o1)c1cccnc1. The summed E-state index contributed by atoms with van der Waals surface area (Å²) < 4.78 is 6.14. The van der Waals surface area contributed by atoms with Gasteiger partial charge in [0.25, 0.3) is 5.91 Å². The third-order valence-electron chi connectivity index (χ3n) is 5.56. The lowest BCUT2D eigenvalue weighted by Gasteiger charge is -2.27. The van der Waals surface area contributed by atoms with Crippen molar-refractivity contribution in [3.63, 3.8) is 0 Å². The molecule has 4 aromatic rings.